The van der Waals surface area contributed by atoms with Crippen molar-refractivity contribution in [3.05, 3.63) is 46.9 Å². The van der Waals surface area contributed by atoms with Crippen molar-refractivity contribution < 1.29 is 4.39 Å². The molecule has 1 fully saturated rings. The van der Waals surface area contributed by atoms with Crippen LogP contribution in [0.4, 0.5) is 15.9 Å². The molecular formula is C17H19ClFN5. The predicted molar refractivity (Wildman–Crippen MR) is 95.3 cm³/mol. The van der Waals surface area contributed by atoms with Gasteiger partial charge in [0.2, 0.25) is 0 Å². The molecule has 0 bridgehead atoms. The summed E-state index contributed by atoms with van der Waals surface area (Å²) in [6.07, 6.45) is 3.46. The number of anilines is 2. The lowest BCUT2D eigenvalue weighted by atomic mass is 10.1. The predicted octanol–water partition coefficient (Wildman–Crippen LogP) is 4.10. The number of halogens is 2. The minimum Gasteiger partial charge on any atom is -0.369 e. The van der Waals surface area contributed by atoms with E-state index >= 15 is 0 Å². The van der Waals surface area contributed by atoms with Crippen LogP contribution < -0.4 is 10.3 Å². The summed E-state index contributed by atoms with van der Waals surface area (Å²) < 4.78 is 14.4. The summed E-state index contributed by atoms with van der Waals surface area (Å²) in [5.41, 5.74) is 4.85. The summed E-state index contributed by atoms with van der Waals surface area (Å²) in [5, 5.41) is 12.1. The van der Waals surface area contributed by atoms with E-state index in [9.17, 15) is 4.39 Å². The van der Waals surface area contributed by atoms with Crippen molar-refractivity contribution in [2.75, 3.05) is 23.4 Å². The normalized spacial score (nSPS) is 15.5. The Bertz CT molecular complexity index is 726. The Hall–Kier alpha value is -2.21. The summed E-state index contributed by atoms with van der Waals surface area (Å²) in [5.74, 6) is 0.263. The molecule has 0 spiro atoms. The van der Waals surface area contributed by atoms with E-state index in [2.05, 4.69) is 25.6 Å². The number of rotatable bonds is 4. The van der Waals surface area contributed by atoms with Gasteiger partial charge in [-0.25, -0.2) is 4.39 Å². The second-order valence-electron chi connectivity index (χ2n) is 5.76. The number of nitrogens with zero attached hydrogens (tertiary/aromatic N) is 4. The standard InChI is InChI=1S/C17H19ClFN5/c1-12(20-22-17-8-7-16(18)21-23-17)13-5-6-15(14(19)11-13)24-9-3-2-4-10-24/h5-8,11H,2-4,9-10H2,1H3,(H,22,23). The zero-order valence-corrected chi connectivity index (χ0v) is 14.2. The van der Waals surface area contributed by atoms with Crippen LogP contribution in [0, 0.1) is 5.82 Å². The van der Waals surface area contributed by atoms with E-state index in [1.807, 2.05) is 19.1 Å². The number of nitrogens with one attached hydrogen (secondary N) is 1. The molecule has 0 aliphatic carbocycles. The number of aromatic nitrogens is 2. The van der Waals surface area contributed by atoms with Gasteiger partial charge < -0.3 is 4.90 Å². The third-order valence-corrected chi connectivity index (χ3v) is 4.23. The highest BCUT2D eigenvalue weighted by atomic mass is 35.5. The van der Waals surface area contributed by atoms with Gasteiger partial charge in [-0.2, -0.15) is 5.10 Å². The Morgan fingerprint density at radius 3 is 2.62 bits per heavy atom. The average molecular weight is 348 g/mol. The molecule has 1 saturated heterocycles. The van der Waals surface area contributed by atoms with E-state index in [-0.39, 0.29) is 5.82 Å². The third kappa shape index (κ3) is 4.00. The maximum Gasteiger partial charge on any atom is 0.168 e. The average Bonchev–Trinajstić information content (AvgIpc) is 2.61. The summed E-state index contributed by atoms with van der Waals surface area (Å²) >= 11 is 5.68. The van der Waals surface area contributed by atoms with Crippen LogP contribution in [0.3, 0.4) is 0 Å². The van der Waals surface area contributed by atoms with Crippen molar-refractivity contribution in [1.29, 1.82) is 0 Å². The summed E-state index contributed by atoms with van der Waals surface area (Å²) in [4.78, 5) is 2.11. The molecule has 1 aliphatic heterocycles. The highest BCUT2D eigenvalue weighted by Gasteiger charge is 2.15. The molecule has 0 amide bonds. The van der Waals surface area contributed by atoms with Gasteiger partial charge in [0.25, 0.3) is 0 Å². The van der Waals surface area contributed by atoms with E-state index in [1.165, 1.54) is 12.5 Å². The van der Waals surface area contributed by atoms with Gasteiger partial charge in [0.15, 0.2) is 11.0 Å². The zero-order valence-electron chi connectivity index (χ0n) is 13.5. The van der Waals surface area contributed by atoms with E-state index in [0.717, 1.165) is 31.5 Å². The molecule has 1 aromatic carbocycles. The summed E-state index contributed by atoms with van der Waals surface area (Å²) in [7, 11) is 0. The molecule has 0 atom stereocenters. The molecule has 3 rings (SSSR count). The van der Waals surface area contributed by atoms with Crippen molar-refractivity contribution in [3.63, 3.8) is 0 Å². The molecule has 1 N–H and O–H groups in total. The van der Waals surface area contributed by atoms with Crippen LogP contribution in [0.2, 0.25) is 5.15 Å². The largest absolute Gasteiger partial charge is 0.369 e. The fraction of sp³-hybridized carbons (Fsp3) is 0.353. The lowest BCUT2D eigenvalue weighted by molar-refractivity contribution is 0.557. The molecule has 0 unspecified atom stereocenters. The van der Waals surface area contributed by atoms with E-state index in [1.54, 1.807) is 12.1 Å². The third-order valence-electron chi connectivity index (χ3n) is 4.03. The van der Waals surface area contributed by atoms with Gasteiger partial charge in [-0.15, -0.1) is 10.2 Å². The van der Waals surface area contributed by atoms with E-state index in [0.29, 0.717) is 22.4 Å². The Morgan fingerprint density at radius 2 is 1.96 bits per heavy atom. The molecule has 0 saturated carbocycles. The van der Waals surface area contributed by atoms with Crippen LogP contribution in [0.25, 0.3) is 0 Å². The fourth-order valence-corrected chi connectivity index (χ4v) is 2.81. The second-order valence-corrected chi connectivity index (χ2v) is 6.15. The van der Waals surface area contributed by atoms with Crippen molar-refractivity contribution in [2.24, 2.45) is 5.10 Å². The van der Waals surface area contributed by atoms with Crippen molar-refractivity contribution in [2.45, 2.75) is 26.2 Å². The van der Waals surface area contributed by atoms with Gasteiger partial charge in [0.05, 0.1) is 11.4 Å². The molecular weight excluding hydrogens is 329 g/mol. The molecule has 2 heterocycles. The summed E-state index contributed by atoms with van der Waals surface area (Å²) in [6, 6.07) is 8.54. The highest BCUT2D eigenvalue weighted by molar-refractivity contribution is 6.29. The molecule has 7 heteroatoms. The fourth-order valence-electron chi connectivity index (χ4n) is 2.70. The lowest BCUT2D eigenvalue weighted by Crippen LogP contribution is -2.30. The molecule has 5 nitrogen and oxygen atoms in total. The van der Waals surface area contributed by atoms with Crippen LogP contribution in [-0.4, -0.2) is 29.0 Å². The first-order valence-corrected chi connectivity index (χ1v) is 8.36. The first-order valence-electron chi connectivity index (χ1n) is 7.98. The van der Waals surface area contributed by atoms with Gasteiger partial charge in [-0.3, -0.25) is 5.43 Å². The number of benzene rings is 1. The van der Waals surface area contributed by atoms with Gasteiger partial charge in [0.1, 0.15) is 5.82 Å². The van der Waals surface area contributed by atoms with Gasteiger partial charge in [-0.05, 0) is 50.5 Å². The zero-order chi connectivity index (χ0) is 16.9. The topological polar surface area (TPSA) is 53.4 Å². The van der Waals surface area contributed by atoms with Crippen molar-refractivity contribution in [3.8, 4) is 0 Å². The lowest BCUT2D eigenvalue weighted by Gasteiger charge is -2.29. The quantitative estimate of drug-likeness (QED) is 0.668. The van der Waals surface area contributed by atoms with Crippen molar-refractivity contribution in [1.82, 2.24) is 10.2 Å². The number of hydrogen-bond donors (Lipinski definition) is 1. The van der Waals surface area contributed by atoms with Crippen LogP contribution in [0.5, 0.6) is 0 Å². The minimum atomic E-state index is -0.213. The van der Waals surface area contributed by atoms with Crippen molar-refractivity contribution >= 4 is 28.8 Å². The Kier molecular flexibility index (Phi) is 5.25. The van der Waals surface area contributed by atoms with Crippen LogP contribution in [-0.2, 0) is 0 Å². The second kappa shape index (κ2) is 7.57. The Labute approximate surface area is 145 Å². The number of hydrazone groups is 1. The maximum absolute atomic E-state index is 14.4. The number of piperidine rings is 1. The smallest absolute Gasteiger partial charge is 0.168 e. The van der Waals surface area contributed by atoms with Crippen LogP contribution in [0.1, 0.15) is 31.7 Å². The monoisotopic (exact) mass is 347 g/mol. The number of hydrogen-bond acceptors (Lipinski definition) is 5. The first-order chi connectivity index (χ1) is 11.6. The molecule has 1 aliphatic rings. The molecule has 0 radical (unpaired) electrons. The Balaban J connectivity index is 1.72. The van der Waals surface area contributed by atoms with Gasteiger partial charge in [0, 0.05) is 18.7 Å². The molecule has 1 aromatic heterocycles. The Morgan fingerprint density at radius 1 is 1.17 bits per heavy atom. The highest BCUT2D eigenvalue weighted by Crippen LogP contribution is 2.24. The molecule has 126 valence electrons. The van der Waals surface area contributed by atoms with Crippen LogP contribution >= 0.6 is 11.6 Å². The van der Waals surface area contributed by atoms with Gasteiger partial charge in [-0.1, -0.05) is 17.7 Å². The minimum absolute atomic E-state index is 0.213. The van der Waals surface area contributed by atoms with E-state index < -0.39 is 0 Å². The van der Waals surface area contributed by atoms with E-state index in [4.69, 9.17) is 11.6 Å². The molecule has 24 heavy (non-hydrogen) atoms. The van der Waals surface area contributed by atoms with Crippen LogP contribution in [0.15, 0.2) is 35.4 Å². The summed E-state index contributed by atoms with van der Waals surface area (Å²) in [6.45, 7) is 3.64. The SMILES string of the molecule is CC(=NNc1ccc(Cl)nn1)c1ccc(N2CCCCC2)c(F)c1. The molecule has 2 aromatic rings. The van der Waals surface area contributed by atoms with Gasteiger partial charge >= 0.3 is 0 Å². The first kappa shape index (κ1) is 16.6. The maximum atomic E-state index is 14.4.